The Morgan fingerprint density at radius 3 is 2.18 bits per heavy atom. The van der Waals surface area contributed by atoms with Gasteiger partial charge in [-0.2, -0.15) is 0 Å². The standard InChI is InChI=1S/C27H20ClNO5/c1-18-11-14-21(15-12-18)27(20-7-3-2-4-8-20,22-9-5-6-10-23(22)28)34-26(31)19-13-16-25(30)24(17-19)29(32)33/h2-17,30H,1H3. The molecule has 1 N–H and O–H groups in total. The third-order valence-electron chi connectivity index (χ3n) is 5.55. The van der Waals surface area contributed by atoms with Crippen molar-refractivity contribution >= 4 is 23.3 Å². The van der Waals surface area contributed by atoms with Crippen LogP contribution in [-0.2, 0) is 10.3 Å². The Bertz CT molecular complexity index is 1360. The zero-order valence-corrected chi connectivity index (χ0v) is 18.9. The molecule has 0 aliphatic heterocycles. The highest BCUT2D eigenvalue weighted by atomic mass is 35.5. The molecule has 4 aromatic rings. The molecule has 0 spiro atoms. The fraction of sp³-hybridized carbons (Fsp3) is 0.0741. The fourth-order valence-electron chi connectivity index (χ4n) is 3.85. The van der Waals surface area contributed by atoms with Crippen molar-refractivity contribution in [1.82, 2.24) is 0 Å². The van der Waals surface area contributed by atoms with E-state index in [9.17, 15) is 20.0 Å². The highest BCUT2D eigenvalue weighted by molar-refractivity contribution is 6.31. The number of nitro benzene ring substituents is 1. The van der Waals surface area contributed by atoms with Crippen LogP contribution in [0, 0.1) is 17.0 Å². The lowest BCUT2D eigenvalue weighted by atomic mass is 9.79. The summed E-state index contributed by atoms with van der Waals surface area (Å²) in [6, 6.07) is 27.1. The molecule has 0 heterocycles. The Morgan fingerprint density at radius 2 is 1.53 bits per heavy atom. The van der Waals surface area contributed by atoms with E-state index in [1.54, 1.807) is 24.3 Å². The molecule has 4 rings (SSSR count). The molecule has 0 radical (unpaired) electrons. The molecule has 0 aliphatic rings. The number of nitrogens with zero attached hydrogens (tertiary/aromatic N) is 1. The SMILES string of the molecule is Cc1ccc(C(OC(=O)c2ccc(O)c([N+](=O)[O-])c2)(c2ccccc2)c2ccccc2Cl)cc1. The smallest absolute Gasteiger partial charge is 0.339 e. The van der Waals surface area contributed by atoms with E-state index >= 15 is 0 Å². The third kappa shape index (κ3) is 4.23. The molecule has 1 unspecified atom stereocenters. The van der Waals surface area contributed by atoms with Crippen LogP contribution in [0.2, 0.25) is 5.02 Å². The van der Waals surface area contributed by atoms with Gasteiger partial charge in [0.05, 0.1) is 10.5 Å². The average Bonchev–Trinajstić information content (AvgIpc) is 2.84. The van der Waals surface area contributed by atoms with Gasteiger partial charge in [0.1, 0.15) is 0 Å². The van der Waals surface area contributed by atoms with Crippen LogP contribution in [0.5, 0.6) is 5.75 Å². The number of halogens is 1. The molecule has 6 nitrogen and oxygen atoms in total. The molecule has 34 heavy (non-hydrogen) atoms. The van der Waals surface area contributed by atoms with Gasteiger partial charge in [0.2, 0.25) is 0 Å². The van der Waals surface area contributed by atoms with Crippen LogP contribution in [0.25, 0.3) is 0 Å². The monoisotopic (exact) mass is 473 g/mol. The number of aryl methyl sites for hydroxylation is 1. The Labute approximate surface area is 201 Å². The zero-order valence-electron chi connectivity index (χ0n) is 18.1. The van der Waals surface area contributed by atoms with Crippen molar-refractivity contribution in [2.24, 2.45) is 0 Å². The maximum absolute atomic E-state index is 13.5. The van der Waals surface area contributed by atoms with E-state index in [0.717, 1.165) is 17.7 Å². The van der Waals surface area contributed by atoms with Gasteiger partial charge in [0, 0.05) is 27.8 Å². The molecule has 4 aromatic carbocycles. The van der Waals surface area contributed by atoms with Crippen molar-refractivity contribution in [2.75, 3.05) is 0 Å². The second kappa shape index (κ2) is 9.37. The Balaban J connectivity index is 1.97. The van der Waals surface area contributed by atoms with Gasteiger partial charge in [0.15, 0.2) is 11.4 Å². The summed E-state index contributed by atoms with van der Waals surface area (Å²) in [4.78, 5) is 24.0. The summed E-state index contributed by atoms with van der Waals surface area (Å²) in [6.45, 7) is 1.95. The zero-order chi connectivity index (χ0) is 24.3. The van der Waals surface area contributed by atoms with Crippen molar-refractivity contribution in [2.45, 2.75) is 12.5 Å². The van der Waals surface area contributed by atoms with Crippen molar-refractivity contribution in [3.63, 3.8) is 0 Å². The molecule has 0 saturated heterocycles. The minimum absolute atomic E-state index is 0.0797. The van der Waals surface area contributed by atoms with Gasteiger partial charge in [-0.15, -0.1) is 0 Å². The lowest BCUT2D eigenvalue weighted by Crippen LogP contribution is -2.35. The predicted octanol–water partition coefficient (Wildman–Crippen LogP) is 6.41. The molecule has 7 heteroatoms. The normalized spacial score (nSPS) is 12.5. The third-order valence-corrected chi connectivity index (χ3v) is 5.87. The van der Waals surface area contributed by atoms with Crippen molar-refractivity contribution in [1.29, 1.82) is 0 Å². The first kappa shape index (κ1) is 23.0. The molecular weight excluding hydrogens is 454 g/mol. The first-order valence-corrected chi connectivity index (χ1v) is 10.8. The van der Waals surface area contributed by atoms with E-state index in [1.807, 2.05) is 61.5 Å². The summed E-state index contributed by atoms with van der Waals surface area (Å²) in [5.74, 6) is -1.35. The van der Waals surface area contributed by atoms with Gasteiger partial charge in [-0.25, -0.2) is 4.79 Å². The molecule has 0 aromatic heterocycles. The van der Waals surface area contributed by atoms with E-state index in [4.69, 9.17) is 16.3 Å². The van der Waals surface area contributed by atoms with Crippen LogP contribution in [0.4, 0.5) is 5.69 Å². The van der Waals surface area contributed by atoms with Crippen molar-refractivity contribution in [3.8, 4) is 5.75 Å². The topological polar surface area (TPSA) is 89.7 Å². The number of phenols is 1. The van der Waals surface area contributed by atoms with Gasteiger partial charge in [-0.3, -0.25) is 10.1 Å². The van der Waals surface area contributed by atoms with E-state index in [1.165, 1.54) is 6.07 Å². The summed E-state index contributed by atoms with van der Waals surface area (Å²) < 4.78 is 6.25. The van der Waals surface area contributed by atoms with Crippen molar-refractivity contribution in [3.05, 3.63) is 140 Å². The number of phenolic OH excluding ortho intramolecular Hbond substituents is 1. The first-order valence-electron chi connectivity index (χ1n) is 10.4. The minimum Gasteiger partial charge on any atom is -0.502 e. The number of aromatic hydroxyl groups is 1. The molecule has 0 fully saturated rings. The molecule has 0 amide bonds. The second-order valence-electron chi connectivity index (χ2n) is 7.74. The van der Waals surface area contributed by atoms with Crippen LogP contribution in [0.1, 0.15) is 32.6 Å². The summed E-state index contributed by atoms with van der Waals surface area (Å²) >= 11 is 6.64. The van der Waals surface area contributed by atoms with Crippen molar-refractivity contribution < 1.29 is 19.6 Å². The number of hydrogen-bond acceptors (Lipinski definition) is 5. The number of hydrogen-bond donors (Lipinski definition) is 1. The predicted molar refractivity (Wildman–Crippen MR) is 129 cm³/mol. The van der Waals surface area contributed by atoms with E-state index in [-0.39, 0.29) is 5.56 Å². The minimum atomic E-state index is -1.45. The number of nitro groups is 1. The summed E-state index contributed by atoms with van der Waals surface area (Å²) in [7, 11) is 0. The number of ether oxygens (including phenoxy) is 1. The number of benzene rings is 4. The van der Waals surface area contributed by atoms with Crippen LogP contribution >= 0.6 is 11.6 Å². The summed E-state index contributed by atoms with van der Waals surface area (Å²) in [6.07, 6.45) is 0. The molecule has 170 valence electrons. The maximum atomic E-state index is 13.5. The van der Waals surface area contributed by atoms with E-state index in [0.29, 0.717) is 21.7 Å². The number of carbonyl (C=O) groups is 1. The number of carbonyl (C=O) groups excluding carboxylic acids is 1. The largest absolute Gasteiger partial charge is 0.502 e. The van der Waals surface area contributed by atoms with Gasteiger partial charge >= 0.3 is 11.7 Å². The van der Waals surface area contributed by atoms with E-state index in [2.05, 4.69) is 0 Å². The Hall–Kier alpha value is -4.16. The molecule has 0 aliphatic carbocycles. The Kier molecular flexibility index (Phi) is 6.34. The average molecular weight is 474 g/mol. The lowest BCUT2D eigenvalue weighted by molar-refractivity contribution is -0.385. The van der Waals surface area contributed by atoms with Gasteiger partial charge in [0.25, 0.3) is 0 Å². The number of esters is 1. The summed E-state index contributed by atoms with van der Waals surface area (Å²) in [5, 5.41) is 21.5. The van der Waals surface area contributed by atoms with Crippen LogP contribution in [0.15, 0.2) is 97.1 Å². The first-order chi connectivity index (χ1) is 16.3. The maximum Gasteiger partial charge on any atom is 0.339 e. The molecule has 0 bridgehead atoms. The van der Waals surface area contributed by atoms with Gasteiger partial charge < -0.3 is 9.84 Å². The van der Waals surface area contributed by atoms with E-state index < -0.39 is 27.9 Å². The summed E-state index contributed by atoms with van der Waals surface area (Å²) in [5.41, 5.74) is 0.736. The second-order valence-corrected chi connectivity index (χ2v) is 8.15. The quantitative estimate of drug-likeness (QED) is 0.151. The highest BCUT2D eigenvalue weighted by Crippen LogP contribution is 2.44. The molecule has 0 saturated carbocycles. The van der Waals surface area contributed by atoms with Crippen LogP contribution < -0.4 is 0 Å². The molecular formula is C27H20ClNO5. The number of rotatable bonds is 6. The molecule has 1 atom stereocenters. The van der Waals surface area contributed by atoms with Gasteiger partial charge in [-0.1, -0.05) is 90.0 Å². The Morgan fingerprint density at radius 1 is 0.912 bits per heavy atom. The van der Waals surface area contributed by atoms with Crippen LogP contribution in [-0.4, -0.2) is 16.0 Å². The fourth-order valence-corrected chi connectivity index (χ4v) is 4.12. The van der Waals surface area contributed by atoms with Crippen LogP contribution in [0.3, 0.4) is 0 Å². The highest BCUT2D eigenvalue weighted by Gasteiger charge is 2.42. The van der Waals surface area contributed by atoms with Gasteiger partial charge in [-0.05, 0) is 25.1 Å². The lowest BCUT2D eigenvalue weighted by Gasteiger charge is -2.36.